The molecule has 1 aliphatic carbocycles. The van der Waals surface area contributed by atoms with E-state index in [0.717, 1.165) is 18.4 Å². The van der Waals surface area contributed by atoms with Gasteiger partial charge in [0.15, 0.2) is 0 Å². The number of hydrogen-bond donors (Lipinski definition) is 1. The summed E-state index contributed by atoms with van der Waals surface area (Å²) in [6, 6.07) is 9.78. The molecule has 2 rings (SSSR count). The summed E-state index contributed by atoms with van der Waals surface area (Å²) in [4.78, 5) is 0. The van der Waals surface area contributed by atoms with Gasteiger partial charge in [-0.2, -0.15) is 0 Å². The first kappa shape index (κ1) is 13.6. The van der Waals surface area contributed by atoms with Crippen molar-refractivity contribution in [1.29, 1.82) is 0 Å². The molecule has 0 bridgehead atoms. The van der Waals surface area contributed by atoms with E-state index in [9.17, 15) is 0 Å². The quantitative estimate of drug-likeness (QED) is 0.832. The third-order valence-electron chi connectivity index (χ3n) is 4.68. The molecule has 100 valence electrons. The van der Waals surface area contributed by atoms with Crippen LogP contribution in [0.2, 0.25) is 0 Å². The zero-order valence-electron chi connectivity index (χ0n) is 12.2. The molecule has 0 aliphatic heterocycles. The summed E-state index contributed by atoms with van der Waals surface area (Å²) in [5, 5.41) is 3.73. The highest BCUT2D eigenvalue weighted by Crippen LogP contribution is 2.31. The molecule has 1 nitrogen and oxygen atoms in total. The van der Waals surface area contributed by atoms with Crippen LogP contribution in [-0.2, 0) is 6.54 Å². The second-order valence-electron chi connectivity index (χ2n) is 6.30. The highest BCUT2D eigenvalue weighted by Gasteiger charge is 2.28. The Morgan fingerprint density at radius 1 is 1.11 bits per heavy atom. The molecule has 0 aromatic heterocycles. The monoisotopic (exact) mass is 245 g/mol. The average Bonchev–Trinajstić information content (AvgIpc) is 2.68. The Morgan fingerprint density at radius 3 is 2.28 bits per heavy atom. The fourth-order valence-corrected chi connectivity index (χ4v) is 2.92. The van der Waals surface area contributed by atoms with E-state index >= 15 is 0 Å². The van der Waals surface area contributed by atoms with Crippen LogP contribution in [0, 0.1) is 11.8 Å². The van der Waals surface area contributed by atoms with Crippen molar-refractivity contribution in [3.63, 3.8) is 0 Å². The molecule has 3 atom stereocenters. The molecule has 1 heteroatoms. The molecular formula is C17H27N. The van der Waals surface area contributed by atoms with E-state index in [2.05, 4.69) is 57.3 Å². The SMILES string of the molecule is CC(C)c1ccc(CNC2CCC(C)C2C)cc1. The van der Waals surface area contributed by atoms with Crippen LogP contribution in [-0.4, -0.2) is 6.04 Å². The molecule has 0 radical (unpaired) electrons. The van der Waals surface area contributed by atoms with Crippen LogP contribution in [0.5, 0.6) is 0 Å². The van der Waals surface area contributed by atoms with Gasteiger partial charge in [-0.25, -0.2) is 0 Å². The molecule has 0 spiro atoms. The van der Waals surface area contributed by atoms with Gasteiger partial charge in [-0.3, -0.25) is 0 Å². The van der Waals surface area contributed by atoms with Crippen molar-refractivity contribution in [2.75, 3.05) is 0 Å². The normalized spacial score (nSPS) is 27.9. The zero-order chi connectivity index (χ0) is 13.1. The largest absolute Gasteiger partial charge is 0.310 e. The molecule has 0 heterocycles. The molecule has 1 fully saturated rings. The maximum absolute atomic E-state index is 3.73. The lowest BCUT2D eigenvalue weighted by atomic mass is 9.97. The smallest absolute Gasteiger partial charge is 0.0208 e. The molecule has 1 saturated carbocycles. The Morgan fingerprint density at radius 2 is 1.78 bits per heavy atom. The lowest BCUT2D eigenvalue weighted by Crippen LogP contribution is -2.31. The van der Waals surface area contributed by atoms with Gasteiger partial charge in [-0.15, -0.1) is 0 Å². The summed E-state index contributed by atoms with van der Waals surface area (Å²) in [7, 11) is 0. The highest BCUT2D eigenvalue weighted by atomic mass is 14.9. The Bertz CT molecular complexity index is 366. The van der Waals surface area contributed by atoms with Gasteiger partial charge in [0.1, 0.15) is 0 Å². The number of nitrogens with one attached hydrogen (secondary N) is 1. The molecule has 1 aliphatic rings. The lowest BCUT2D eigenvalue weighted by molar-refractivity contribution is 0.370. The minimum atomic E-state index is 0.628. The Kier molecular flexibility index (Phi) is 4.45. The van der Waals surface area contributed by atoms with Crippen molar-refractivity contribution < 1.29 is 0 Å². The van der Waals surface area contributed by atoms with Crippen LogP contribution in [0.4, 0.5) is 0 Å². The summed E-state index contributed by atoms with van der Waals surface area (Å²) >= 11 is 0. The Labute approximate surface area is 112 Å². The van der Waals surface area contributed by atoms with Crippen molar-refractivity contribution in [3.05, 3.63) is 35.4 Å². The predicted molar refractivity (Wildman–Crippen MR) is 78.7 cm³/mol. The summed E-state index contributed by atoms with van der Waals surface area (Å²) in [5.74, 6) is 2.33. The fourth-order valence-electron chi connectivity index (χ4n) is 2.92. The van der Waals surface area contributed by atoms with Crippen LogP contribution in [0.25, 0.3) is 0 Å². The predicted octanol–water partition coefficient (Wildman–Crippen LogP) is 4.33. The van der Waals surface area contributed by atoms with Crippen LogP contribution in [0.15, 0.2) is 24.3 Å². The van der Waals surface area contributed by atoms with Crippen molar-refractivity contribution in [2.24, 2.45) is 11.8 Å². The number of rotatable bonds is 4. The highest BCUT2D eigenvalue weighted by molar-refractivity contribution is 5.24. The first-order chi connectivity index (χ1) is 8.58. The minimum Gasteiger partial charge on any atom is -0.310 e. The zero-order valence-corrected chi connectivity index (χ0v) is 12.2. The molecule has 1 aromatic rings. The lowest BCUT2D eigenvalue weighted by Gasteiger charge is -2.20. The van der Waals surface area contributed by atoms with Gasteiger partial charge in [0.2, 0.25) is 0 Å². The third-order valence-corrected chi connectivity index (χ3v) is 4.68. The van der Waals surface area contributed by atoms with Crippen molar-refractivity contribution in [1.82, 2.24) is 5.32 Å². The summed E-state index contributed by atoms with van der Waals surface area (Å²) in [6.07, 6.45) is 2.72. The topological polar surface area (TPSA) is 12.0 Å². The standard InChI is InChI=1S/C17H27N/c1-12(2)16-8-6-15(7-9-16)11-18-17-10-5-13(3)14(17)4/h6-9,12-14,17-18H,5,10-11H2,1-4H3. The number of benzene rings is 1. The Hall–Kier alpha value is -0.820. The molecule has 0 amide bonds. The van der Waals surface area contributed by atoms with E-state index in [1.165, 1.54) is 24.0 Å². The van der Waals surface area contributed by atoms with Crippen molar-refractivity contribution in [3.8, 4) is 0 Å². The van der Waals surface area contributed by atoms with Gasteiger partial charge < -0.3 is 5.32 Å². The summed E-state index contributed by atoms with van der Waals surface area (Å²) < 4.78 is 0. The minimum absolute atomic E-state index is 0.628. The summed E-state index contributed by atoms with van der Waals surface area (Å²) in [5.41, 5.74) is 2.84. The number of hydrogen-bond acceptors (Lipinski definition) is 1. The van der Waals surface area contributed by atoms with E-state index in [1.807, 2.05) is 0 Å². The second-order valence-corrected chi connectivity index (χ2v) is 6.30. The second kappa shape index (κ2) is 5.88. The average molecular weight is 245 g/mol. The van der Waals surface area contributed by atoms with Gasteiger partial charge in [-0.05, 0) is 41.7 Å². The van der Waals surface area contributed by atoms with Crippen LogP contribution < -0.4 is 5.32 Å². The maximum atomic E-state index is 3.73. The van der Waals surface area contributed by atoms with E-state index < -0.39 is 0 Å². The van der Waals surface area contributed by atoms with Crippen LogP contribution in [0.3, 0.4) is 0 Å². The van der Waals surface area contributed by atoms with E-state index in [0.29, 0.717) is 12.0 Å². The first-order valence-corrected chi connectivity index (χ1v) is 7.40. The third kappa shape index (κ3) is 3.14. The van der Waals surface area contributed by atoms with E-state index in [4.69, 9.17) is 0 Å². The molecule has 1 aromatic carbocycles. The molecule has 3 unspecified atom stereocenters. The van der Waals surface area contributed by atoms with Crippen LogP contribution >= 0.6 is 0 Å². The van der Waals surface area contributed by atoms with E-state index in [-0.39, 0.29) is 0 Å². The molecule has 1 N–H and O–H groups in total. The molecule has 18 heavy (non-hydrogen) atoms. The van der Waals surface area contributed by atoms with Crippen molar-refractivity contribution >= 4 is 0 Å². The molecular weight excluding hydrogens is 218 g/mol. The van der Waals surface area contributed by atoms with Gasteiger partial charge in [0.05, 0.1) is 0 Å². The van der Waals surface area contributed by atoms with Gasteiger partial charge in [-0.1, -0.05) is 52.0 Å². The Balaban J connectivity index is 1.87. The van der Waals surface area contributed by atoms with Gasteiger partial charge in [0, 0.05) is 12.6 Å². The van der Waals surface area contributed by atoms with E-state index in [1.54, 1.807) is 0 Å². The van der Waals surface area contributed by atoms with Gasteiger partial charge in [0.25, 0.3) is 0 Å². The first-order valence-electron chi connectivity index (χ1n) is 7.40. The van der Waals surface area contributed by atoms with Gasteiger partial charge >= 0.3 is 0 Å². The molecule has 0 saturated heterocycles. The fraction of sp³-hybridized carbons (Fsp3) is 0.647. The van der Waals surface area contributed by atoms with Crippen molar-refractivity contribution in [2.45, 2.75) is 59.0 Å². The van der Waals surface area contributed by atoms with Crippen LogP contribution in [0.1, 0.15) is 57.6 Å². The maximum Gasteiger partial charge on any atom is 0.0208 e. The summed E-state index contributed by atoms with van der Waals surface area (Å²) in [6.45, 7) is 10.3.